The number of amides is 1. The number of carbonyl (C=O) groups is 1. The van der Waals surface area contributed by atoms with E-state index in [1.54, 1.807) is 19.2 Å². The van der Waals surface area contributed by atoms with Crippen LogP contribution in [0.2, 0.25) is 0 Å². The Morgan fingerprint density at radius 1 is 1.06 bits per heavy atom. The average molecular weight is 241 g/mol. The largest absolute Gasteiger partial charge is 0.372 e. The molecule has 0 aliphatic heterocycles. The lowest BCUT2D eigenvalue weighted by Gasteiger charge is -2.18. The molecule has 1 atom stereocenters. The minimum Gasteiger partial charge on any atom is -0.372 e. The summed E-state index contributed by atoms with van der Waals surface area (Å²) in [5.74, 6) is -0.441. The molecule has 0 aliphatic rings. The maximum absolute atomic E-state index is 11.4. The van der Waals surface area contributed by atoms with Crippen molar-refractivity contribution in [2.24, 2.45) is 5.73 Å². The smallest absolute Gasteiger partial charge is 0.249 e. The van der Waals surface area contributed by atoms with E-state index in [-0.39, 0.29) is 6.10 Å². The van der Waals surface area contributed by atoms with E-state index in [1.807, 2.05) is 42.5 Å². The molecule has 0 spiro atoms. The Labute approximate surface area is 106 Å². The van der Waals surface area contributed by atoms with Crippen LogP contribution in [0.15, 0.2) is 54.6 Å². The van der Waals surface area contributed by atoms with E-state index in [9.17, 15) is 4.79 Å². The third-order valence-corrected chi connectivity index (χ3v) is 2.85. The third kappa shape index (κ3) is 2.41. The average Bonchev–Trinajstić information content (AvgIpc) is 2.41. The highest BCUT2D eigenvalue weighted by Crippen LogP contribution is 2.27. The molecule has 0 saturated heterocycles. The molecule has 0 radical (unpaired) electrons. The van der Waals surface area contributed by atoms with Crippen LogP contribution in [-0.4, -0.2) is 13.0 Å². The molecule has 2 aromatic carbocycles. The molecule has 1 unspecified atom stereocenters. The maximum atomic E-state index is 11.4. The molecule has 1 amide bonds. The Morgan fingerprint density at radius 3 is 2.28 bits per heavy atom. The Kier molecular flexibility index (Phi) is 3.75. The first-order valence-electron chi connectivity index (χ1n) is 5.70. The minimum atomic E-state index is -0.441. The molecule has 0 aromatic heterocycles. The van der Waals surface area contributed by atoms with E-state index < -0.39 is 5.91 Å². The van der Waals surface area contributed by atoms with Crippen LogP contribution in [0.25, 0.3) is 0 Å². The van der Waals surface area contributed by atoms with Gasteiger partial charge in [-0.15, -0.1) is 0 Å². The molecule has 18 heavy (non-hydrogen) atoms. The van der Waals surface area contributed by atoms with Gasteiger partial charge in [0, 0.05) is 12.7 Å². The SMILES string of the molecule is COC(c1ccccc1)c1ccccc1C(N)=O. The van der Waals surface area contributed by atoms with E-state index in [2.05, 4.69) is 0 Å². The summed E-state index contributed by atoms with van der Waals surface area (Å²) in [4.78, 5) is 11.4. The van der Waals surface area contributed by atoms with E-state index in [1.165, 1.54) is 0 Å². The summed E-state index contributed by atoms with van der Waals surface area (Å²) < 4.78 is 5.51. The third-order valence-electron chi connectivity index (χ3n) is 2.85. The van der Waals surface area contributed by atoms with Crippen molar-refractivity contribution < 1.29 is 9.53 Å². The van der Waals surface area contributed by atoms with Crippen molar-refractivity contribution in [3.05, 3.63) is 71.3 Å². The summed E-state index contributed by atoms with van der Waals surface area (Å²) in [5.41, 5.74) is 7.67. The fourth-order valence-corrected chi connectivity index (χ4v) is 2.02. The van der Waals surface area contributed by atoms with Crippen LogP contribution in [-0.2, 0) is 4.74 Å². The van der Waals surface area contributed by atoms with Gasteiger partial charge in [-0.25, -0.2) is 0 Å². The Balaban J connectivity index is 2.49. The molecule has 0 bridgehead atoms. The zero-order valence-electron chi connectivity index (χ0n) is 10.2. The lowest BCUT2D eigenvalue weighted by molar-refractivity contribution is 0.0987. The van der Waals surface area contributed by atoms with Crippen LogP contribution in [0.5, 0.6) is 0 Å². The molecule has 3 heteroatoms. The van der Waals surface area contributed by atoms with Gasteiger partial charge < -0.3 is 10.5 Å². The number of nitrogens with two attached hydrogens (primary N) is 1. The fourth-order valence-electron chi connectivity index (χ4n) is 2.02. The number of hydrogen-bond acceptors (Lipinski definition) is 2. The summed E-state index contributed by atoms with van der Waals surface area (Å²) >= 11 is 0. The van der Waals surface area contributed by atoms with Crippen molar-refractivity contribution in [1.29, 1.82) is 0 Å². The number of hydrogen-bond donors (Lipinski definition) is 1. The van der Waals surface area contributed by atoms with Crippen molar-refractivity contribution in [1.82, 2.24) is 0 Å². The Bertz CT molecular complexity index is 537. The highest BCUT2D eigenvalue weighted by molar-refractivity contribution is 5.94. The maximum Gasteiger partial charge on any atom is 0.249 e. The number of benzene rings is 2. The zero-order chi connectivity index (χ0) is 13.0. The molecule has 0 saturated carbocycles. The molecule has 2 aromatic rings. The number of carbonyl (C=O) groups excluding carboxylic acids is 1. The first-order chi connectivity index (χ1) is 8.74. The number of methoxy groups -OCH3 is 1. The van der Waals surface area contributed by atoms with Gasteiger partial charge in [0.15, 0.2) is 0 Å². The molecule has 0 heterocycles. The van der Waals surface area contributed by atoms with Gasteiger partial charge in [0.05, 0.1) is 0 Å². The van der Waals surface area contributed by atoms with Gasteiger partial charge in [-0.2, -0.15) is 0 Å². The van der Waals surface area contributed by atoms with Gasteiger partial charge in [-0.05, 0) is 17.2 Å². The molecule has 0 fully saturated rings. The van der Waals surface area contributed by atoms with Crippen LogP contribution in [0.4, 0.5) is 0 Å². The van der Waals surface area contributed by atoms with Gasteiger partial charge in [0.25, 0.3) is 0 Å². The van der Waals surface area contributed by atoms with E-state index >= 15 is 0 Å². The topological polar surface area (TPSA) is 52.3 Å². The summed E-state index contributed by atoms with van der Waals surface area (Å²) in [6.45, 7) is 0. The molecule has 0 aliphatic carbocycles. The highest BCUT2D eigenvalue weighted by Gasteiger charge is 2.18. The van der Waals surface area contributed by atoms with Crippen LogP contribution >= 0.6 is 0 Å². The standard InChI is InChI=1S/C15H15NO2/c1-18-14(11-7-3-2-4-8-11)12-9-5-6-10-13(12)15(16)17/h2-10,14H,1H3,(H2,16,17). The van der Waals surface area contributed by atoms with Crippen LogP contribution in [0.3, 0.4) is 0 Å². The summed E-state index contributed by atoms with van der Waals surface area (Å²) in [6.07, 6.45) is -0.283. The van der Waals surface area contributed by atoms with E-state index in [4.69, 9.17) is 10.5 Å². The molecule has 2 N–H and O–H groups in total. The fraction of sp³-hybridized carbons (Fsp3) is 0.133. The second-order valence-corrected chi connectivity index (χ2v) is 3.98. The van der Waals surface area contributed by atoms with Gasteiger partial charge >= 0.3 is 0 Å². The van der Waals surface area contributed by atoms with E-state index in [0.29, 0.717) is 5.56 Å². The predicted octanol–water partition coefficient (Wildman–Crippen LogP) is 2.52. The first kappa shape index (κ1) is 12.3. The second kappa shape index (κ2) is 5.47. The zero-order valence-corrected chi connectivity index (χ0v) is 10.2. The Hall–Kier alpha value is -2.13. The van der Waals surface area contributed by atoms with Crippen LogP contribution in [0, 0.1) is 0 Å². The normalized spacial score (nSPS) is 12.1. The van der Waals surface area contributed by atoms with Gasteiger partial charge in [-0.3, -0.25) is 4.79 Å². The molecule has 3 nitrogen and oxygen atoms in total. The van der Waals surface area contributed by atoms with Crippen molar-refractivity contribution in [3.8, 4) is 0 Å². The second-order valence-electron chi connectivity index (χ2n) is 3.98. The summed E-state index contributed by atoms with van der Waals surface area (Å²) in [5, 5.41) is 0. The van der Waals surface area contributed by atoms with Gasteiger partial charge in [0.1, 0.15) is 6.10 Å². The van der Waals surface area contributed by atoms with Crippen LogP contribution in [0.1, 0.15) is 27.6 Å². The molecular formula is C15H15NO2. The van der Waals surface area contributed by atoms with Gasteiger partial charge in [-0.1, -0.05) is 48.5 Å². The van der Waals surface area contributed by atoms with Crippen LogP contribution < -0.4 is 5.73 Å². The lowest BCUT2D eigenvalue weighted by Crippen LogP contribution is -2.16. The first-order valence-corrected chi connectivity index (χ1v) is 5.70. The minimum absolute atomic E-state index is 0.283. The summed E-state index contributed by atoms with van der Waals surface area (Å²) in [6, 6.07) is 17.0. The predicted molar refractivity (Wildman–Crippen MR) is 70.3 cm³/mol. The quantitative estimate of drug-likeness (QED) is 0.894. The lowest BCUT2D eigenvalue weighted by atomic mass is 9.96. The number of ether oxygens (including phenoxy) is 1. The van der Waals surface area contributed by atoms with E-state index in [0.717, 1.165) is 11.1 Å². The Morgan fingerprint density at radius 2 is 1.67 bits per heavy atom. The molecular weight excluding hydrogens is 226 g/mol. The van der Waals surface area contributed by atoms with Gasteiger partial charge in [0.2, 0.25) is 5.91 Å². The number of primary amides is 1. The molecule has 92 valence electrons. The van der Waals surface area contributed by atoms with Crippen molar-refractivity contribution >= 4 is 5.91 Å². The highest BCUT2D eigenvalue weighted by atomic mass is 16.5. The molecule has 2 rings (SSSR count). The number of rotatable bonds is 4. The monoisotopic (exact) mass is 241 g/mol. The van der Waals surface area contributed by atoms with Crippen molar-refractivity contribution in [2.45, 2.75) is 6.10 Å². The summed E-state index contributed by atoms with van der Waals surface area (Å²) in [7, 11) is 1.62. The van der Waals surface area contributed by atoms with Crippen molar-refractivity contribution in [3.63, 3.8) is 0 Å². The van der Waals surface area contributed by atoms with Crippen molar-refractivity contribution in [2.75, 3.05) is 7.11 Å².